The van der Waals surface area contributed by atoms with Gasteiger partial charge in [0.1, 0.15) is 17.1 Å². The summed E-state index contributed by atoms with van der Waals surface area (Å²) < 4.78 is 0. The van der Waals surface area contributed by atoms with Crippen molar-refractivity contribution in [2.45, 2.75) is 73.8 Å². The summed E-state index contributed by atoms with van der Waals surface area (Å²) in [6.45, 7) is 13.8. The molecule has 5 atom stereocenters. The van der Waals surface area contributed by atoms with Crippen LogP contribution in [0, 0.1) is 23.7 Å². The zero-order valence-electron chi connectivity index (χ0n) is 27.3. The molecule has 0 radical (unpaired) electrons. The van der Waals surface area contributed by atoms with Gasteiger partial charge < -0.3 is 36.4 Å². The zero-order valence-corrected chi connectivity index (χ0v) is 27.3. The van der Waals surface area contributed by atoms with Crippen LogP contribution >= 0.6 is 0 Å². The molecular formula is C31H57N3O7. The number of Topliss-reactive ketones (excluding diaryl/α,β-unsaturated/α-hetero) is 1. The molecule has 0 saturated heterocycles. The van der Waals surface area contributed by atoms with Crippen molar-refractivity contribution in [2.24, 2.45) is 29.4 Å². The number of hydrogen-bond donors (Lipinski definition) is 6. The van der Waals surface area contributed by atoms with Crippen LogP contribution < -0.4 is 16.0 Å². The van der Waals surface area contributed by atoms with Crippen molar-refractivity contribution < 1.29 is 34.8 Å². The minimum absolute atomic E-state index is 0.0222. The van der Waals surface area contributed by atoms with E-state index in [1.807, 2.05) is 81.6 Å². The molecule has 10 heteroatoms. The molecule has 0 heterocycles. The number of anilines is 1. The van der Waals surface area contributed by atoms with Crippen LogP contribution in [0.4, 0.5) is 5.69 Å². The third kappa shape index (κ3) is 11.1. The largest absolute Gasteiger partial charge is 0.511 e. The van der Waals surface area contributed by atoms with E-state index in [-0.39, 0.29) is 35.5 Å². The highest BCUT2D eigenvalue weighted by Gasteiger charge is 2.49. The minimum Gasteiger partial charge on any atom is -0.511 e. The number of nitrogens with two attached hydrogens (primary N) is 1. The number of carbonyl (C=O) groups is 3. The Kier molecular flexibility index (Phi) is 23.5. The number of carbonyl (C=O) groups excluding carboxylic acids is 3. The number of primary amides is 1. The van der Waals surface area contributed by atoms with Crippen LogP contribution in [0.3, 0.4) is 0 Å². The summed E-state index contributed by atoms with van der Waals surface area (Å²) in [6, 6.07) is 3.22. The quantitative estimate of drug-likeness (QED) is 0.222. The van der Waals surface area contributed by atoms with Gasteiger partial charge in [-0.1, -0.05) is 48.5 Å². The highest BCUT2D eigenvalue weighted by atomic mass is 16.3. The van der Waals surface area contributed by atoms with Crippen LogP contribution in [-0.2, 0) is 16.0 Å². The Morgan fingerprint density at radius 3 is 1.98 bits per heavy atom. The Hall–Kier alpha value is -2.95. The fourth-order valence-corrected chi connectivity index (χ4v) is 5.08. The molecule has 41 heavy (non-hydrogen) atoms. The van der Waals surface area contributed by atoms with Crippen LogP contribution in [0.2, 0.25) is 0 Å². The molecule has 3 rings (SSSR count). The number of nitrogens with zero attached hydrogens (tertiary/aromatic N) is 1. The average molecular weight is 584 g/mol. The fourth-order valence-electron chi connectivity index (χ4n) is 5.08. The number of phenolic OH excluding ortho intramolecular Hbond substituents is 1. The zero-order chi connectivity index (χ0) is 33.0. The third-order valence-electron chi connectivity index (χ3n) is 6.68. The second kappa shape index (κ2) is 22.7. The fraction of sp³-hybridized carbons (Fsp3) is 0.645. The number of aliphatic hydroxyl groups excluding tert-OH is 3. The molecule has 0 bridgehead atoms. The van der Waals surface area contributed by atoms with Crippen molar-refractivity contribution in [3.05, 3.63) is 34.6 Å². The maximum atomic E-state index is 12.4. The predicted molar refractivity (Wildman–Crippen MR) is 167 cm³/mol. The van der Waals surface area contributed by atoms with Gasteiger partial charge in [0.05, 0.1) is 11.7 Å². The van der Waals surface area contributed by atoms with Gasteiger partial charge >= 0.3 is 0 Å². The molecule has 1 amide bonds. The van der Waals surface area contributed by atoms with Crippen LogP contribution in [0.1, 0.15) is 77.2 Å². The molecule has 7 N–H and O–H groups in total. The van der Waals surface area contributed by atoms with E-state index in [0.29, 0.717) is 24.7 Å². The second-order valence-electron chi connectivity index (χ2n) is 9.10. The van der Waals surface area contributed by atoms with E-state index >= 15 is 0 Å². The lowest BCUT2D eigenvalue weighted by atomic mass is 9.61. The number of rotatable bonds is 5. The number of fused-ring (bicyclic) bond motifs is 1. The van der Waals surface area contributed by atoms with Crippen LogP contribution in [0.15, 0.2) is 23.5 Å². The van der Waals surface area contributed by atoms with Gasteiger partial charge in [0, 0.05) is 39.2 Å². The van der Waals surface area contributed by atoms with Crippen molar-refractivity contribution in [3.8, 4) is 5.75 Å². The Morgan fingerprint density at radius 2 is 1.56 bits per heavy atom. The molecule has 0 aromatic heterocycles. The lowest BCUT2D eigenvalue weighted by molar-refractivity contribution is -0.126. The maximum Gasteiger partial charge on any atom is 0.255 e. The Bertz CT molecular complexity index is 948. The van der Waals surface area contributed by atoms with E-state index in [4.69, 9.17) is 10.8 Å². The van der Waals surface area contributed by atoms with E-state index < -0.39 is 35.0 Å². The number of amides is 1. The van der Waals surface area contributed by atoms with E-state index in [1.165, 1.54) is 6.07 Å². The highest BCUT2D eigenvalue weighted by molar-refractivity contribution is 6.19. The summed E-state index contributed by atoms with van der Waals surface area (Å²) in [6.07, 6.45) is 0.608. The molecule has 1 aromatic rings. The summed E-state index contributed by atoms with van der Waals surface area (Å²) >= 11 is 0. The predicted octanol–water partition coefficient (Wildman–Crippen LogP) is 3.86. The Balaban J connectivity index is -0.00000116. The highest BCUT2D eigenvalue weighted by Crippen LogP contribution is 2.48. The van der Waals surface area contributed by atoms with Crippen LogP contribution in [0.25, 0.3) is 0 Å². The molecule has 1 aromatic carbocycles. The van der Waals surface area contributed by atoms with Crippen LogP contribution in [0.5, 0.6) is 5.75 Å². The molecule has 10 nitrogen and oxygen atoms in total. The van der Waals surface area contributed by atoms with Crippen molar-refractivity contribution in [2.75, 3.05) is 40.2 Å². The monoisotopic (exact) mass is 583 g/mol. The van der Waals surface area contributed by atoms with E-state index in [9.17, 15) is 29.7 Å². The van der Waals surface area contributed by atoms with Crippen molar-refractivity contribution in [1.29, 1.82) is 0 Å². The number of nitrogens with one attached hydrogen (secondary N) is 1. The first-order valence-electron chi connectivity index (χ1n) is 14.4. The molecule has 0 spiro atoms. The van der Waals surface area contributed by atoms with Crippen molar-refractivity contribution in [1.82, 2.24) is 5.32 Å². The molecule has 2 aliphatic rings. The van der Waals surface area contributed by atoms with Gasteiger partial charge in [0.2, 0.25) is 0 Å². The second-order valence-corrected chi connectivity index (χ2v) is 9.10. The summed E-state index contributed by atoms with van der Waals surface area (Å²) in [7, 11) is 8.43. The van der Waals surface area contributed by atoms with Gasteiger partial charge in [-0.15, -0.1) is 0 Å². The lowest BCUT2D eigenvalue weighted by Crippen LogP contribution is -2.48. The number of phenols is 1. The first-order valence-corrected chi connectivity index (χ1v) is 14.4. The van der Waals surface area contributed by atoms with Crippen LogP contribution in [-0.4, -0.2) is 79.8 Å². The Morgan fingerprint density at radius 1 is 1.07 bits per heavy atom. The van der Waals surface area contributed by atoms with Crippen molar-refractivity contribution >= 4 is 23.7 Å². The van der Waals surface area contributed by atoms with Gasteiger partial charge in [0.25, 0.3) is 5.91 Å². The molecule has 0 aliphatic heterocycles. The average Bonchev–Trinajstić information content (AvgIpc) is 2.96. The minimum atomic E-state index is -0.982. The van der Waals surface area contributed by atoms with Gasteiger partial charge in [-0.05, 0) is 62.4 Å². The van der Waals surface area contributed by atoms with Crippen molar-refractivity contribution in [3.63, 3.8) is 0 Å². The molecule has 2 aliphatic carbocycles. The maximum absolute atomic E-state index is 12.4. The van der Waals surface area contributed by atoms with E-state index in [0.717, 1.165) is 12.8 Å². The number of aliphatic hydroxyl groups is 3. The Labute approximate surface area is 247 Å². The van der Waals surface area contributed by atoms with Gasteiger partial charge in [-0.3, -0.25) is 14.4 Å². The SMILES string of the molecule is CC.CC.CC.CC1C(Cc2c(N(C)C)ccc(O)c2C=O)CC2CC(=O)C(C(N)=O)=C(O)C2C1O.CNC.CO. The number of ketones is 1. The molecular weight excluding hydrogens is 526 g/mol. The van der Waals surface area contributed by atoms with E-state index in [1.54, 1.807) is 6.07 Å². The number of aldehydes is 1. The van der Waals surface area contributed by atoms with Gasteiger partial charge in [-0.2, -0.15) is 0 Å². The first kappa shape index (κ1) is 42.5. The van der Waals surface area contributed by atoms with E-state index in [2.05, 4.69) is 5.32 Å². The molecule has 1 fully saturated rings. The molecule has 5 unspecified atom stereocenters. The standard InChI is InChI=1S/C22H28N2O6.C2H7N.3C2H6.CH4O/c1-10-11(7-13-14(9-25)16(26)5-4-15(13)24(2)3)6-12-8-17(27)19(22(23)30)21(29)18(12)20(10)28;1-3-2;4*1-2/h4-5,9-12,18,20,26,28-29H,6-8H2,1-3H3,(H2,23,30);3H,1-2H3;3*1-2H3;2H,1H3. The summed E-state index contributed by atoms with van der Waals surface area (Å²) in [4.78, 5) is 37.5. The normalized spacial score (nSPS) is 22.1. The summed E-state index contributed by atoms with van der Waals surface area (Å²) in [5.41, 5.74) is 6.52. The summed E-state index contributed by atoms with van der Waals surface area (Å²) in [5.74, 6) is -3.46. The lowest BCUT2D eigenvalue weighted by Gasteiger charge is -2.45. The number of hydrogen-bond acceptors (Lipinski definition) is 9. The van der Waals surface area contributed by atoms with Gasteiger partial charge in [0.15, 0.2) is 12.1 Å². The number of benzene rings is 1. The third-order valence-corrected chi connectivity index (χ3v) is 6.68. The molecule has 1 saturated carbocycles. The molecule has 238 valence electrons. The first-order chi connectivity index (χ1) is 19.5. The smallest absolute Gasteiger partial charge is 0.255 e. The topological polar surface area (TPSA) is 173 Å². The summed E-state index contributed by atoms with van der Waals surface area (Å²) in [5, 5.41) is 41.4. The number of aromatic hydroxyl groups is 1. The van der Waals surface area contributed by atoms with Gasteiger partial charge in [-0.25, -0.2) is 0 Å².